The van der Waals surface area contributed by atoms with Gasteiger partial charge < -0.3 is 14.0 Å². The minimum absolute atomic E-state index is 0.0144. The lowest BCUT2D eigenvalue weighted by molar-refractivity contribution is -0.384. The standard InChI is InChI=1S/C21H15N3O5S/c1-2-9-23-16-12-17-18(29-11-10-28-17)13-19(16)30-21(23)22-20(25)8-5-14-3-6-15(7-4-14)24(26)27/h1,3-8,12-13H,9-11H2. The first kappa shape index (κ1) is 19.4. The van der Waals surface area contributed by atoms with Crippen molar-refractivity contribution in [3.8, 4) is 23.8 Å². The van der Waals surface area contributed by atoms with Crippen molar-refractivity contribution >= 4 is 39.2 Å². The maximum atomic E-state index is 12.4. The van der Waals surface area contributed by atoms with Crippen LogP contribution < -0.4 is 14.3 Å². The van der Waals surface area contributed by atoms with E-state index in [1.165, 1.54) is 29.5 Å². The van der Waals surface area contributed by atoms with E-state index in [0.717, 1.165) is 10.2 Å². The molecule has 1 aliphatic heterocycles. The maximum absolute atomic E-state index is 12.4. The van der Waals surface area contributed by atoms with Crippen molar-refractivity contribution in [2.75, 3.05) is 13.2 Å². The third-order valence-corrected chi connectivity index (χ3v) is 5.37. The number of aromatic nitrogens is 1. The number of non-ortho nitro benzene ring substituents is 1. The van der Waals surface area contributed by atoms with Crippen molar-refractivity contribution in [1.82, 2.24) is 4.57 Å². The van der Waals surface area contributed by atoms with Crippen LogP contribution in [-0.2, 0) is 11.3 Å². The van der Waals surface area contributed by atoms with Crippen LogP contribution in [0.1, 0.15) is 5.56 Å². The Kier molecular flexibility index (Phi) is 5.32. The molecule has 2 heterocycles. The van der Waals surface area contributed by atoms with E-state index in [4.69, 9.17) is 15.9 Å². The van der Waals surface area contributed by atoms with Gasteiger partial charge in [0.1, 0.15) is 13.2 Å². The smallest absolute Gasteiger partial charge is 0.272 e. The number of hydrogen-bond acceptors (Lipinski definition) is 6. The number of nitro groups is 1. The highest BCUT2D eigenvalue weighted by atomic mass is 32.1. The third kappa shape index (κ3) is 3.94. The molecule has 0 aliphatic carbocycles. The Balaban J connectivity index is 1.67. The molecule has 0 saturated carbocycles. The number of carbonyl (C=O) groups is 1. The van der Waals surface area contributed by atoms with Gasteiger partial charge in [-0.1, -0.05) is 17.3 Å². The fourth-order valence-corrected chi connectivity index (χ4v) is 3.99. The zero-order chi connectivity index (χ0) is 21.1. The molecule has 0 fully saturated rings. The topological polar surface area (TPSA) is 96.0 Å². The van der Waals surface area contributed by atoms with Gasteiger partial charge in [0.2, 0.25) is 0 Å². The Bertz CT molecular complexity index is 1280. The van der Waals surface area contributed by atoms with E-state index in [1.807, 2.05) is 12.1 Å². The molecule has 8 nitrogen and oxygen atoms in total. The van der Waals surface area contributed by atoms with Crippen molar-refractivity contribution in [3.63, 3.8) is 0 Å². The fourth-order valence-electron chi connectivity index (χ4n) is 2.94. The van der Waals surface area contributed by atoms with Gasteiger partial charge in [-0.2, -0.15) is 4.99 Å². The van der Waals surface area contributed by atoms with E-state index < -0.39 is 10.8 Å². The van der Waals surface area contributed by atoms with Crippen LogP contribution in [0.3, 0.4) is 0 Å². The number of carbonyl (C=O) groups excluding carboxylic acids is 1. The number of terminal acetylenes is 1. The van der Waals surface area contributed by atoms with Crippen LogP contribution in [-0.4, -0.2) is 28.6 Å². The molecule has 0 radical (unpaired) electrons. The molecule has 0 N–H and O–H groups in total. The minimum Gasteiger partial charge on any atom is -0.486 e. The summed E-state index contributed by atoms with van der Waals surface area (Å²) in [5, 5.41) is 10.7. The van der Waals surface area contributed by atoms with Crippen LogP contribution in [0.15, 0.2) is 47.5 Å². The highest BCUT2D eigenvalue weighted by Crippen LogP contribution is 2.35. The van der Waals surface area contributed by atoms with Crippen LogP contribution in [0, 0.1) is 22.5 Å². The molecule has 150 valence electrons. The van der Waals surface area contributed by atoms with Crippen molar-refractivity contribution in [2.45, 2.75) is 6.54 Å². The number of fused-ring (bicyclic) bond motifs is 2. The summed E-state index contributed by atoms with van der Waals surface area (Å²) in [6.07, 6.45) is 8.36. The van der Waals surface area contributed by atoms with Gasteiger partial charge in [-0.05, 0) is 23.8 Å². The number of thiazole rings is 1. The average Bonchev–Trinajstić information content (AvgIpc) is 3.07. The molecule has 30 heavy (non-hydrogen) atoms. The Hall–Kier alpha value is -3.90. The number of hydrogen-bond donors (Lipinski definition) is 0. The summed E-state index contributed by atoms with van der Waals surface area (Å²) in [5.74, 6) is 3.40. The molecule has 1 aromatic heterocycles. The number of ether oxygens (including phenoxy) is 2. The van der Waals surface area contributed by atoms with Gasteiger partial charge in [0.25, 0.3) is 11.6 Å². The van der Waals surface area contributed by atoms with Crippen LogP contribution >= 0.6 is 11.3 Å². The van der Waals surface area contributed by atoms with Gasteiger partial charge in [0.15, 0.2) is 16.3 Å². The molecule has 2 aromatic carbocycles. The molecule has 0 saturated heterocycles. The normalized spacial score (nSPS) is 13.5. The van der Waals surface area contributed by atoms with Gasteiger partial charge in [0, 0.05) is 30.3 Å². The number of benzene rings is 2. The summed E-state index contributed by atoms with van der Waals surface area (Å²) < 4.78 is 13.9. The monoisotopic (exact) mass is 421 g/mol. The minimum atomic E-state index is -0.479. The zero-order valence-electron chi connectivity index (χ0n) is 15.6. The van der Waals surface area contributed by atoms with Crippen LogP contribution in [0.25, 0.3) is 16.3 Å². The van der Waals surface area contributed by atoms with Crippen molar-refractivity contribution in [3.05, 3.63) is 63.0 Å². The number of rotatable bonds is 4. The lowest BCUT2D eigenvalue weighted by Gasteiger charge is -2.18. The first-order valence-electron chi connectivity index (χ1n) is 8.93. The van der Waals surface area contributed by atoms with Crippen LogP contribution in [0.2, 0.25) is 0 Å². The third-order valence-electron chi connectivity index (χ3n) is 4.32. The average molecular weight is 421 g/mol. The van der Waals surface area contributed by atoms with E-state index >= 15 is 0 Å². The van der Waals surface area contributed by atoms with Gasteiger partial charge >= 0.3 is 0 Å². The largest absolute Gasteiger partial charge is 0.486 e. The molecule has 4 rings (SSSR count). The SMILES string of the molecule is C#CCn1c(=NC(=O)C=Cc2ccc([N+](=O)[O-])cc2)sc2cc3c(cc21)OCCO3. The molecule has 3 aromatic rings. The molecule has 0 unspecified atom stereocenters. The fraction of sp³-hybridized carbons (Fsp3) is 0.143. The number of nitrogens with zero attached hydrogens (tertiary/aromatic N) is 3. The molecule has 0 atom stereocenters. The molecule has 0 bridgehead atoms. The van der Waals surface area contributed by atoms with E-state index in [2.05, 4.69) is 10.9 Å². The summed E-state index contributed by atoms with van der Waals surface area (Å²) in [6, 6.07) is 9.57. The van der Waals surface area contributed by atoms with Crippen LogP contribution in [0.5, 0.6) is 11.5 Å². The van der Waals surface area contributed by atoms with Gasteiger partial charge in [0.05, 0.1) is 21.7 Å². The second-order valence-electron chi connectivity index (χ2n) is 6.27. The van der Waals surface area contributed by atoms with Gasteiger partial charge in [-0.3, -0.25) is 14.9 Å². The summed E-state index contributed by atoms with van der Waals surface area (Å²) in [7, 11) is 0. The predicted octanol–water partition coefficient (Wildman–Crippen LogP) is 3.16. The van der Waals surface area contributed by atoms with Gasteiger partial charge in [-0.15, -0.1) is 6.42 Å². The maximum Gasteiger partial charge on any atom is 0.272 e. The first-order chi connectivity index (χ1) is 14.5. The lowest BCUT2D eigenvalue weighted by Crippen LogP contribution is -2.17. The summed E-state index contributed by atoms with van der Waals surface area (Å²) in [6.45, 7) is 1.20. The summed E-state index contributed by atoms with van der Waals surface area (Å²) in [5.41, 5.74) is 1.45. The Morgan fingerprint density at radius 2 is 1.97 bits per heavy atom. The molecule has 0 spiro atoms. The Morgan fingerprint density at radius 1 is 1.27 bits per heavy atom. The zero-order valence-corrected chi connectivity index (χ0v) is 16.4. The second kappa shape index (κ2) is 8.23. The van der Waals surface area contributed by atoms with Crippen molar-refractivity contribution < 1.29 is 19.2 Å². The molecular weight excluding hydrogens is 406 g/mol. The van der Waals surface area contributed by atoms with E-state index in [0.29, 0.717) is 35.1 Å². The molecule has 1 amide bonds. The first-order valence-corrected chi connectivity index (χ1v) is 9.74. The highest BCUT2D eigenvalue weighted by molar-refractivity contribution is 7.16. The lowest BCUT2D eigenvalue weighted by atomic mass is 10.2. The molecule has 9 heteroatoms. The van der Waals surface area contributed by atoms with Crippen molar-refractivity contribution in [1.29, 1.82) is 0 Å². The van der Waals surface area contributed by atoms with Gasteiger partial charge in [-0.25, -0.2) is 0 Å². The van der Waals surface area contributed by atoms with E-state index in [9.17, 15) is 14.9 Å². The second-order valence-corrected chi connectivity index (χ2v) is 7.28. The predicted molar refractivity (Wildman–Crippen MR) is 112 cm³/mol. The summed E-state index contributed by atoms with van der Waals surface area (Å²) in [4.78, 5) is 27.2. The molecule has 1 aliphatic rings. The highest BCUT2D eigenvalue weighted by Gasteiger charge is 2.16. The Labute approximate surface area is 174 Å². The number of nitro benzene ring substituents is 1. The van der Waals surface area contributed by atoms with Crippen molar-refractivity contribution in [2.24, 2.45) is 4.99 Å². The number of amides is 1. The van der Waals surface area contributed by atoms with E-state index in [-0.39, 0.29) is 12.2 Å². The quantitative estimate of drug-likeness (QED) is 0.279. The molecular formula is C21H15N3O5S. The Morgan fingerprint density at radius 3 is 2.63 bits per heavy atom. The van der Waals surface area contributed by atoms with E-state index in [1.54, 1.807) is 22.8 Å². The van der Waals surface area contributed by atoms with Crippen LogP contribution in [0.4, 0.5) is 5.69 Å². The summed E-state index contributed by atoms with van der Waals surface area (Å²) >= 11 is 1.33.